The fraction of sp³-hybridized carbons (Fsp3) is 0.435. The van der Waals surface area contributed by atoms with E-state index in [0.29, 0.717) is 71.7 Å². The average molecular weight is 441 g/mol. The summed E-state index contributed by atoms with van der Waals surface area (Å²) in [5.41, 5.74) is 3.53. The number of fused-ring (bicyclic) bond motifs is 1. The molecule has 32 heavy (non-hydrogen) atoms. The molecule has 0 radical (unpaired) electrons. The van der Waals surface area contributed by atoms with Gasteiger partial charge in [-0.15, -0.1) is 0 Å². The van der Waals surface area contributed by atoms with Gasteiger partial charge in [0.05, 0.1) is 54.4 Å². The molecule has 0 unspecified atom stereocenters. The van der Waals surface area contributed by atoms with Crippen LogP contribution in [0.1, 0.15) is 35.6 Å². The molecule has 3 aromatic rings. The van der Waals surface area contributed by atoms with Crippen LogP contribution in [0.4, 0.5) is 11.4 Å². The number of hydrogen-bond acceptors (Lipinski definition) is 8. The molecule has 3 heterocycles. The van der Waals surface area contributed by atoms with Gasteiger partial charge >= 0.3 is 0 Å². The Balaban J connectivity index is 1.73. The van der Waals surface area contributed by atoms with Gasteiger partial charge < -0.3 is 29.0 Å². The highest BCUT2D eigenvalue weighted by molar-refractivity contribution is 6.13. The second-order valence-electron chi connectivity index (χ2n) is 7.49. The molecule has 2 aromatic heterocycles. The molecule has 0 atom stereocenters. The quantitative estimate of drug-likeness (QED) is 0.593. The summed E-state index contributed by atoms with van der Waals surface area (Å²) < 4.78 is 22.6. The molecular weight excluding hydrogens is 412 g/mol. The first kappa shape index (κ1) is 21.9. The number of benzene rings is 1. The molecule has 0 saturated carbocycles. The molecule has 0 spiro atoms. The predicted molar refractivity (Wildman–Crippen MR) is 121 cm³/mol. The highest BCUT2D eigenvalue weighted by Crippen LogP contribution is 2.39. The molecule has 1 aromatic carbocycles. The van der Waals surface area contributed by atoms with Crippen molar-refractivity contribution in [2.24, 2.45) is 0 Å². The summed E-state index contributed by atoms with van der Waals surface area (Å²) in [6.07, 6.45) is 0. The number of hydrogen-bond donors (Lipinski definition) is 1. The number of ether oxygens (including phenoxy) is 3. The topological polar surface area (TPSA) is 99.0 Å². The molecule has 1 amide bonds. The minimum absolute atomic E-state index is 0.297. The molecule has 1 aliphatic rings. The van der Waals surface area contributed by atoms with Crippen molar-refractivity contribution >= 4 is 28.4 Å². The van der Waals surface area contributed by atoms with Crippen LogP contribution in [0.25, 0.3) is 11.1 Å². The van der Waals surface area contributed by atoms with Crippen LogP contribution in [0, 0.1) is 13.8 Å². The highest BCUT2D eigenvalue weighted by Gasteiger charge is 2.23. The zero-order chi connectivity index (χ0) is 22.7. The van der Waals surface area contributed by atoms with Gasteiger partial charge in [0, 0.05) is 30.9 Å². The van der Waals surface area contributed by atoms with Gasteiger partial charge in [-0.3, -0.25) is 4.79 Å². The lowest BCUT2D eigenvalue weighted by Gasteiger charge is -2.31. The lowest BCUT2D eigenvalue weighted by atomic mass is 10.1. The monoisotopic (exact) mass is 440 g/mol. The van der Waals surface area contributed by atoms with Gasteiger partial charge in [-0.1, -0.05) is 5.16 Å². The van der Waals surface area contributed by atoms with Crippen LogP contribution in [0.5, 0.6) is 11.5 Å². The Morgan fingerprint density at radius 3 is 2.53 bits per heavy atom. The van der Waals surface area contributed by atoms with E-state index < -0.39 is 0 Å². The van der Waals surface area contributed by atoms with E-state index in [9.17, 15) is 4.79 Å². The maximum atomic E-state index is 13.3. The summed E-state index contributed by atoms with van der Waals surface area (Å²) in [5, 5.41) is 7.55. The fourth-order valence-corrected chi connectivity index (χ4v) is 3.83. The third kappa shape index (κ3) is 4.34. The molecule has 0 bridgehead atoms. The lowest BCUT2D eigenvalue weighted by Crippen LogP contribution is -2.36. The first-order valence-corrected chi connectivity index (χ1v) is 10.8. The van der Waals surface area contributed by atoms with E-state index in [4.69, 9.17) is 18.7 Å². The normalized spacial score (nSPS) is 13.9. The number of anilines is 2. The largest absolute Gasteiger partial charge is 0.492 e. The number of aryl methyl sites for hydroxylation is 2. The number of morpholine rings is 1. The van der Waals surface area contributed by atoms with E-state index in [0.717, 1.165) is 18.8 Å². The van der Waals surface area contributed by atoms with Crippen LogP contribution in [-0.2, 0) is 4.74 Å². The number of aromatic nitrogens is 2. The highest BCUT2D eigenvalue weighted by atomic mass is 16.5. The number of pyridine rings is 1. The van der Waals surface area contributed by atoms with E-state index >= 15 is 0 Å². The molecule has 1 saturated heterocycles. The molecule has 170 valence electrons. The van der Waals surface area contributed by atoms with Gasteiger partial charge in [0.1, 0.15) is 11.5 Å². The van der Waals surface area contributed by atoms with Crippen LogP contribution in [0.2, 0.25) is 0 Å². The van der Waals surface area contributed by atoms with Crippen molar-refractivity contribution in [2.75, 3.05) is 49.7 Å². The first-order chi connectivity index (χ1) is 15.5. The van der Waals surface area contributed by atoms with Crippen LogP contribution in [-0.4, -0.2) is 55.6 Å². The Hall–Kier alpha value is -3.33. The Kier molecular flexibility index (Phi) is 6.45. The van der Waals surface area contributed by atoms with Gasteiger partial charge in [-0.2, -0.15) is 0 Å². The van der Waals surface area contributed by atoms with E-state index in [1.807, 2.05) is 32.9 Å². The minimum atomic E-state index is -0.297. The van der Waals surface area contributed by atoms with Crippen molar-refractivity contribution in [3.05, 3.63) is 35.2 Å². The summed E-state index contributed by atoms with van der Waals surface area (Å²) in [6.45, 7) is 11.2. The van der Waals surface area contributed by atoms with Crippen molar-refractivity contribution in [3.8, 4) is 11.5 Å². The van der Waals surface area contributed by atoms with Crippen LogP contribution in [0.15, 0.2) is 22.7 Å². The van der Waals surface area contributed by atoms with Crippen molar-refractivity contribution in [1.82, 2.24) is 10.1 Å². The Morgan fingerprint density at radius 1 is 1.09 bits per heavy atom. The molecule has 4 rings (SSSR count). The van der Waals surface area contributed by atoms with Crippen molar-refractivity contribution in [2.45, 2.75) is 27.7 Å². The zero-order valence-electron chi connectivity index (χ0n) is 18.9. The van der Waals surface area contributed by atoms with Crippen LogP contribution >= 0.6 is 0 Å². The number of nitrogens with one attached hydrogen (secondary N) is 1. The van der Waals surface area contributed by atoms with E-state index in [2.05, 4.69) is 20.4 Å². The number of carbonyl (C=O) groups is 1. The number of carbonyl (C=O) groups excluding carboxylic acids is 1. The molecular formula is C23H28N4O5. The first-order valence-electron chi connectivity index (χ1n) is 10.8. The maximum absolute atomic E-state index is 13.3. The summed E-state index contributed by atoms with van der Waals surface area (Å²) in [7, 11) is 0. The van der Waals surface area contributed by atoms with Gasteiger partial charge in [0.25, 0.3) is 11.6 Å². The molecule has 0 aliphatic carbocycles. The van der Waals surface area contributed by atoms with Crippen molar-refractivity contribution in [1.29, 1.82) is 0 Å². The van der Waals surface area contributed by atoms with E-state index in [1.54, 1.807) is 13.0 Å². The number of rotatable bonds is 7. The molecule has 1 N–H and O–H groups in total. The third-order valence-corrected chi connectivity index (χ3v) is 5.25. The molecule has 1 fully saturated rings. The summed E-state index contributed by atoms with van der Waals surface area (Å²) in [4.78, 5) is 19.8. The number of amides is 1. The molecule has 9 heteroatoms. The Morgan fingerprint density at radius 2 is 1.81 bits per heavy atom. The smallest absolute Gasteiger partial charge is 0.258 e. The second kappa shape index (κ2) is 9.44. The third-order valence-electron chi connectivity index (χ3n) is 5.25. The Bertz CT molecular complexity index is 1120. The fourth-order valence-electron chi connectivity index (χ4n) is 3.83. The minimum Gasteiger partial charge on any atom is -0.492 e. The SMILES string of the molecule is CCOc1cc(N2CCOCC2)c(OCC)cc1NC(=O)c1cc(C)nc2onc(C)c12. The van der Waals surface area contributed by atoms with Crippen LogP contribution < -0.4 is 19.7 Å². The number of nitrogens with zero attached hydrogens (tertiary/aromatic N) is 3. The summed E-state index contributed by atoms with van der Waals surface area (Å²) in [6, 6.07) is 5.48. The van der Waals surface area contributed by atoms with Crippen LogP contribution in [0.3, 0.4) is 0 Å². The average Bonchev–Trinajstić information content (AvgIpc) is 3.16. The van der Waals surface area contributed by atoms with Gasteiger partial charge in [0.15, 0.2) is 0 Å². The van der Waals surface area contributed by atoms with Gasteiger partial charge in [-0.25, -0.2) is 4.98 Å². The summed E-state index contributed by atoms with van der Waals surface area (Å²) >= 11 is 0. The van der Waals surface area contributed by atoms with Gasteiger partial charge in [0.2, 0.25) is 0 Å². The predicted octanol–water partition coefficient (Wildman–Crippen LogP) is 3.73. The van der Waals surface area contributed by atoms with E-state index in [-0.39, 0.29) is 5.91 Å². The van der Waals surface area contributed by atoms with Gasteiger partial charge in [-0.05, 0) is 33.8 Å². The lowest BCUT2D eigenvalue weighted by molar-refractivity contribution is 0.102. The Labute approximate surface area is 186 Å². The van der Waals surface area contributed by atoms with E-state index in [1.165, 1.54) is 0 Å². The summed E-state index contributed by atoms with van der Waals surface area (Å²) in [5.74, 6) is 0.967. The van der Waals surface area contributed by atoms with Crippen molar-refractivity contribution in [3.63, 3.8) is 0 Å². The maximum Gasteiger partial charge on any atom is 0.258 e. The zero-order valence-corrected chi connectivity index (χ0v) is 18.9. The molecule has 9 nitrogen and oxygen atoms in total. The second-order valence-corrected chi connectivity index (χ2v) is 7.49. The molecule has 1 aliphatic heterocycles. The van der Waals surface area contributed by atoms with Crippen molar-refractivity contribution < 1.29 is 23.5 Å². The standard InChI is InChI=1S/C23H28N4O5/c1-5-30-19-13-18(27-7-9-29-10-8-27)20(31-6-2)12-17(19)25-22(28)16-11-14(3)24-23-21(16)15(4)26-32-23/h11-13H,5-10H2,1-4H3,(H,25,28).